The van der Waals surface area contributed by atoms with Crippen molar-refractivity contribution in [3.8, 4) is 6.07 Å². The highest BCUT2D eigenvalue weighted by Crippen LogP contribution is 2.58. The lowest BCUT2D eigenvalue weighted by Gasteiger charge is -2.51. The van der Waals surface area contributed by atoms with Gasteiger partial charge in [-0.1, -0.05) is 18.2 Å². The van der Waals surface area contributed by atoms with Crippen LogP contribution >= 0.6 is 0 Å². The molecule has 4 nitrogen and oxygen atoms in total. The number of fused-ring (bicyclic) bond motifs is 3. The van der Waals surface area contributed by atoms with Crippen molar-refractivity contribution < 1.29 is 13.2 Å². The molecule has 3 saturated carbocycles. The number of hydrazone groups is 1. The number of benzene rings is 1. The third-order valence-corrected chi connectivity index (χ3v) is 6.81. The van der Waals surface area contributed by atoms with Crippen LogP contribution in [-0.2, 0) is 6.18 Å². The number of hydrogen-bond acceptors (Lipinski definition) is 4. The summed E-state index contributed by atoms with van der Waals surface area (Å²) in [5.41, 5.74) is -0.710. The molecule has 0 radical (unpaired) electrons. The molecule has 1 aromatic rings. The molecule has 1 atom stereocenters. The summed E-state index contributed by atoms with van der Waals surface area (Å²) in [6.07, 6.45) is 0.220. The van der Waals surface area contributed by atoms with Crippen molar-refractivity contribution in [1.29, 1.82) is 5.26 Å². The molecule has 0 amide bonds. The average molecular weight is 376 g/mol. The summed E-state index contributed by atoms with van der Waals surface area (Å²) in [7, 11) is 3.58. The summed E-state index contributed by atoms with van der Waals surface area (Å²) >= 11 is 0. The maximum absolute atomic E-state index is 13.5. The van der Waals surface area contributed by atoms with Crippen molar-refractivity contribution in [2.45, 2.75) is 50.9 Å². The van der Waals surface area contributed by atoms with E-state index in [0.717, 1.165) is 50.4 Å². The molecular formula is C20H23F3N4. The largest absolute Gasteiger partial charge is 0.416 e. The predicted molar refractivity (Wildman–Crippen MR) is 95.3 cm³/mol. The number of nitriles is 1. The number of hydrogen-bond donors (Lipinski definition) is 0. The molecule has 1 aliphatic heterocycles. The zero-order valence-electron chi connectivity index (χ0n) is 15.6. The molecule has 3 aliphatic carbocycles. The van der Waals surface area contributed by atoms with E-state index < -0.39 is 17.9 Å². The van der Waals surface area contributed by atoms with Crippen molar-refractivity contribution >= 4 is 5.84 Å². The van der Waals surface area contributed by atoms with Gasteiger partial charge < -0.3 is 4.90 Å². The SMILES string of the molecule is CN1N=C(C23CCC(C#N)(CC2)CC3)N(C)C1c1ccccc1C(F)(F)F. The summed E-state index contributed by atoms with van der Waals surface area (Å²) in [6, 6.07) is 8.24. The second-order valence-corrected chi connectivity index (χ2v) is 8.24. The normalized spacial score (nSPS) is 33.2. The van der Waals surface area contributed by atoms with Crippen LogP contribution in [0.25, 0.3) is 0 Å². The Labute approximate surface area is 157 Å². The first-order valence-electron chi connectivity index (χ1n) is 9.34. The van der Waals surface area contributed by atoms with E-state index in [2.05, 4.69) is 6.07 Å². The fourth-order valence-electron chi connectivity index (χ4n) is 5.20. The lowest BCUT2D eigenvalue weighted by atomic mass is 9.53. The van der Waals surface area contributed by atoms with Crippen LogP contribution in [0.2, 0.25) is 0 Å². The highest BCUT2D eigenvalue weighted by molar-refractivity contribution is 5.89. The zero-order valence-corrected chi connectivity index (χ0v) is 15.6. The Balaban J connectivity index is 1.66. The van der Waals surface area contributed by atoms with Crippen molar-refractivity contribution in [2.24, 2.45) is 15.9 Å². The second-order valence-electron chi connectivity index (χ2n) is 8.24. The van der Waals surface area contributed by atoms with E-state index in [1.165, 1.54) is 6.07 Å². The van der Waals surface area contributed by atoms with Crippen molar-refractivity contribution in [2.75, 3.05) is 14.1 Å². The van der Waals surface area contributed by atoms with E-state index in [-0.39, 0.29) is 16.4 Å². The molecule has 144 valence electrons. The summed E-state index contributed by atoms with van der Waals surface area (Å²) < 4.78 is 40.6. The third-order valence-electron chi connectivity index (χ3n) is 6.81. The lowest BCUT2D eigenvalue weighted by Crippen LogP contribution is -2.49. The Morgan fingerprint density at radius 3 is 2.22 bits per heavy atom. The van der Waals surface area contributed by atoms with Gasteiger partial charge in [0, 0.05) is 25.1 Å². The number of halogens is 3. The van der Waals surface area contributed by atoms with Gasteiger partial charge >= 0.3 is 6.18 Å². The average Bonchev–Trinajstić information content (AvgIpc) is 2.97. The van der Waals surface area contributed by atoms with E-state index >= 15 is 0 Å². The highest BCUT2D eigenvalue weighted by atomic mass is 19.4. The molecule has 0 spiro atoms. The van der Waals surface area contributed by atoms with E-state index in [9.17, 15) is 18.4 Å². The van der Waals surface area contributed by atoms with E-state index in [1.54, 1.807) is 24.2 Å². The van der Waals surface area contributed by atoms with Gasteiger partial charge in [0.1, 0.15) is 12.0 Å². The number of nitrogens with zero attached hydrogens (tertiary/aromatic N) is 4. The Hall–Kier alpha value is -2.23. The van der Waals surface area contributed by atoms with Crippen molar-refractivity contribution in [1.82, 2.24) is 9.91 Å². The van der Waals surface area contributed by atoms with Crippen LogP contribution < -0.4 is 0 Å². The molecule has 2 bridgehead atoms. The fraction of sp³-hybridized carbons (Fsp3) is 0.600. The minimum atomic E-state index is -4.40. The van der Waals surface area contributed by atoms with Crippen LogP contribution in [0.1, 0.15) is 55.8 Å². The minimum absolute atomic E-state index is 0.121. The van der Waals surface area contributed by atoms with Gasteiger partial charge in [-0.2, -0.15) is 23.5 Å². The molecular weight excluding hydrogens is 353 g/mol. The van der Waals surface area contributed by atoms with Gasteiger partial charge in [0.2, 0.25) is 0 Å². The summed E-state index contributed by atoms with van der Waals surface area (Å²) in [6.45, 7) is 0. The standard InChI is InChI=1S/C20H23F3N4/c1-26-16(14-5-3-4-6-15(14)20(21,22)23)27(2)25-17(26)19-10-7-18(13-24,8-11-19)9-12-19/h3-6,16H,7-12H2,1-2H3. The topological polar surface area (TPSA) is 42.6 Å². The van der Waals surface area contributed by atoms with Crippen molar-refractivity contribution in [3.05, 3.63) is 35.4 Å². The Bertz CT molecular complexity index is 799. The minimum Gasteiger partial charge on any atom is -0.336 e. The summed E-state index contributed by atoms with van der Waals surface area (Å²) in [5.74, 6) is 0.873. The highest BCUT2D eigenvalue weighted by Gasteiger charge is 2.54. The fourth-order valence-corrected chi connectivity index (χ4v) is 5.20. The van der Waals surface area contributed by atoms with Crippen LogP contribution in [0.5, 0.6) is 0 Å². The van der Waals surface area contributed by atoms with Gasteiger partial charge in [0.05, 0.1) is 17.0 Å². The van der Waals surface area contributed by atoms with Gasteiger partial charge in [-0.15, -0.1) is 0 Å². The number of amidine groups is 1. The molecule has 1 unspecified atom stereocenters. The van der Waals surface area contributed by atoms with E-state index in [4.69, 9.17) is 5.10 Å². The molecule has 5 rings (SSSR count). The van der Waals surface area contributed by atoms with Crippen LogP contribution in [0, 0.1) is 22.2 Å². The summed E-state index contributed by atoms with van der Waals surface area (Å²) in [4.78, 5) is 1.91. The first-order valence-corrected chi connectivity index (χ1v) is 9.34. The van der Waals surface area contributed by atoms with E-state index in [1.807, 2.05) is 11.9 Å². The van der Waals surface area contributed by atoms with Crippen LogP contribution in [0.3, 0.4) is 0 Å². The lowest BCUT2D eigenvalue weighted by molar-refractivity contribution is -0.139. The molecule has 1 heterocycles. The molecule has 0 aromatic heterocycles. The molecule has 7 heteroatoms. The van der Waals surface area contributed by atoms with E-state index in [0.29, 0.717) is 0 Å². The van der Waals surface area contributed by atoms with Crippen molar-refractivity contribution in [3.63, 3.8) is 0 Å². The smallest absolute Gasteiger partial charge is 0.336 e. The predicted octanol–water partition coefficient (Wildman–Crippen LogP) is 4.76. The second kappa shape index (κ2) is 5.88. The monoisotopic (exact) mass is 376 g/mol. The number of alkyl halides is 3. The molecule has 1 aromatic carbocycles. The van der Waals surface area contributed by atoms with Crippen LogP contribution in [0.4, 0.5) is 13.2 Å². The Morgan fingerprint density at radius 2 is 1.67 bits per heavy atom. The first kappa shape index (κ1) is 18.1. The van der Waals surface area contributed by atoms with Crippen LogP contribution in [-0.4, -0.2) is 29.8 Å². The molecule has 27 heavy (non-hydrogen) atoms. The van der Waals surface area contributed by atoms with Gasteiger partial charge in [-0.25, -0.2) is 0 Å². The zero-order chi connectivity index (χ0) is 19.4. The quantitative estimate of drug-likeness (QED) is 0.747. The van der Waals surface area contributed by atoms with Crippen LogP contribution in [0.15, 0.2) is 29.4 Å². The third kappa shape index (κ3) is 2.69. The van der Waals surface area contributed by atoms with Gasteiger partial charge in [-0.05, 0) is 44.6 Å². The molecule has 0 N–H and O–H groups in total. The van der Waals surface area contributed by atoms with Gasteiger partial charge in [-0.3, -0.25) is 5.01 Å². The van der Waals surface area contributed by atoms with Gasteiger partial charge in [0.15, 0.2) is 0 Å². The Kier molecular flexibility index (Phi) is 3.95. The van der Waals surface area contributed by atoms with Gasteiger partial charge in [0.25, 0.3) is 0 Å². The number of rotatable bonds is 2. The molecule has 3 fully saturated rings. The Morgan fingerprint density at radius 1 is 1.07 bits per heavy atom. The summed E-state index contributed by atoms with van der Waals surface area (Å²) in [5, 5.41) is 15.9. The molecule has 4 aliphatic rings. The maximum atomic E-state index is 13.5. The first-order chi connectivity index (χ1) is 12.7. The maximum Gasteiger partial charge on any atom is 0.416 e. The molecule has 0 saturated heterocycles.